The fourth-order valence-electron chi connectivity index (χ4n) is 2.26. The maximum atomic E-state index is 11.3. The SMILES string of the molecule is CC(OC(N)=O)(c1ccccc1)c1ccccc1C=O. The molecule has 0 saturated heterocycles. The monoisotopic (exact) mass is 269 g/mol. The predicted molar refractivity (Wildman–Crippen MR) is 75.4 cm³/mol. The molecule has 0 bridgehead atoms. The molecular formula is C16H15NO3. The first kappa shape index (κ1) is 13.8. The normalized spacial score (nSPS) is 13.2. The third-order valence-electron chi connectivity index (χ3n) is 3.23. The lowest BCUT2D eigenvalue weighted by Gasteiger charge is -2.30. The molecule has 4 nitrogen and oxygen atoms in total. The van der Waals surface area contributed by atoms with Crippen LogP contribution in [0.5, 0.6) is 0 Å². The minimum Gasteiger partial charge on any atom is -0.434 e. The van der Waals surface area contributed by atoms with E-state index in [1.807, 2.05) is 30.3 Å². The quantitative estimate of drug-likeness (QED) is 0.868. The van der Waals surface area contributed by atoms with Crippen LogP contribution in [0.15, 0.2) is 54.6 Å². The number of carbonyl (C=O) groups excluding carboxylic acids is 2. The Kier molecular flexibility index (Phi) is 3.84. The number of aldehydes is 1. The molecule has 0 aliphatic heterocycles. The van der Waals surface area contributed by atoms with Crippen molar-refractivity contribution in [3.63, 3.8) is 0 Å². The fourth-order valence-corrected chi connectivity index (χ4v) is 2.26. The molecular weight excluding hydrogens is 254 g/mol. The van der Waals surface area contributed by atoms with Crippen LogP contribution < -0.4 is 5.73 Å². The van der Waals surface area contributed by atoms with E-state index in [-0.39, 0.29) is 0 Å². The largest absolute Gasteiger partial charge is 0.434 e. The number of primary amides is 1. The Labute approximate surface area is 117 Å². The third kappa shape index (κ3) is 2.54. The number of hydrogen-bond acceptors (Lipinski definition) is 3. The summed E-state index contributed by atoms with van der Waals surface area (Å²) in [5, 5.41) is 0. The minimum absolute atomic E-state index is 0.458. The standard InChI is InChI=1S/C16H15NO3/c1-16(20-15(17)19,13-8-3-2-4-9-13)14-10-6-5-7-12(14)11-18/h2-11H,1H3,(H2,17,19). The van der Waals surface area contributed by atoms with Crippen molar-refractivity contribution in [1.29, 1.82) is 0 Å². The van der Waals surface area contributed by atoms with Gasteiger partial charge in [0, 0.05) is 11.1 Å². The van der Waals surface area contributed by atoms with Gasteiger partial charge < -0.3 is 10.5 Å². The molecule has 2 aromatic carbocycles. The van der Waals surface area contributed by atoms with Crippen LogP contribution in [0.25, 0.3) is 0 Å². The molecule has 0 aliphatic rings. The van der Waals surface area contributed by atoms with Gasteiger partial charge in [-0.05, 0) is 12.5 Å². The van der Waals surface area contributed by atoms with Gasteiger partial charge in [-0.15, -0.1) is 0 Å². The van der Waals surface area contributed by atoms with Crippen LogP contribution in [0, 0.1) is 0 Å². The van der Waals surface area contributed by atoms with Crippen molar-refractivity contribution in [3.8, 4) is 0 Å². The average molecular weight is 269 g/mol. The van der Waals surface area contributed by atoms with Crippen LogP contribution in [0.4, 0.5) is 4.79 Å². The van der Waals surface area contributed by atoms with E-state index < -0.39 is 11.7 Å². The minimum atomic E-state index is -1.11. The molecule has 0 spiro atoms. The molecule has 4 heteroatoms. The lowest BCUT2D eigenvalue weighted by molar-refractivity contribution is 0.0587. The molecule has 1 amide bonds. The van der Waals surface area contributed by atoms with E-state index in [1.54, 1.807) is 31.2 Å². The molecule has 0 aromatic heterocycles. The van der Waals surface area contributed by atoms with Crippen LogP contribution in [-0.2, 0) is 10.3 Å². The van der Waals surface area contributed by atoms with Gasteiger partial charge in [-0.2, -0.15) is 0 Å². The Morgan fingerprint density at radius 1 is 1.10 bits per heavy atom. The third-order valence-corrected chi connectivity index (χ3v) is 3.23. The van der Waals surface area contributed by atoms with E-state index >= 15 is 0 Å². The number of hydrogen-bond donors (Lipinski definition) is 1. The van der Waals surface area contributed by atoms with Gasteiger partial charge in [0.2, 0.25) is 0 Å². The molecule has 102 valence electrons. The van der Waals surface area contributed by atoms with E-state index in [2.05, 4.69) is 0 Å². The molecule has 0 heterocycles. The van der Waals surface area contributed by atoms with Crippen LogP contribution >= 0.6 is 0 Å². The Morgan fingerprint density at radius 2 is 1.70 bits per heavy atom. The topological polar surface area (TPSA) is 69.4 Å². The van der Waals surface area contributed by atoms with Gasteiger partial charge in [0.05, 0.1) is 0 Å². The highest BCUT2D eigenvalue weighted by molar-refractivity contribution is 5.79. The molecule has 1 atom stereocenters. The number of carbonyl (C=O) groups is 2. The summed E-state index contributed by atoms with van der Waals surface area (Å²) in [5.74, 6) is 0. The first-order chi connectivity index (χ1) is 9.58. The maximum absolute atomic E-state index is 11.3. The fraction of sp³-hybridized carbons (Fsp3) is 0.125. The van der Waals surface area contributed by atoms with Crippen LogP contribution in [0.3, 0.4) is 0 Å². The Hall–Kier alpha value is -2.62. The van der Waals surface area contributed by atoms with Gasteiger partial charge in [0.15, 0.2) is 5.60 Å². The van der Waals surface area contributed by atoms with Gasteiger partial charge in [-0.3, -0.25) is 4.79 Å². The first-order valence-electron chi connectivity index (χ1n) is 6.16. The molecule has 2 aromatic rings. The zero-order valence-corrected chi connectivity index (χ0v) is 11.1. The second-order valence-electron chi connectivity index (χ2n) is 4.53. The predicted octanol–water partition coefficient (Wildman–Crippen LogP) is 2.86. The smallest absolute Gasteiger partial charge is 0.405 e. The van der Waals surface area contributed by atoms with Crippen LogP contribution in [0.1, 0.15) is 28.4 Å². The molecule has 0 radical (unpaired) electrons. The lowest BCUT2D eigenvalue weighted by Crippen LogP contribution is -2.34. The van der Waals surface area contributed by atoms with Crippen molar-refractivity contribution < 1.29 is 14.3 Å². The maximum Gasteiger partial charge on any atom is 0.405 e. The lowest BCUT2D eigenvalue weighted by atomic mass is 9.85. The number of rotatable bonds is 4. The average Bonchev–Trinajstić information content (AvgIpc) is 2.47. The van der Waals surface area contributed by atoms with Crippen molar-refractivity contribution >= 4 is 12.4 Å². The van der Waals surface area contributed by atoms with Gasteiger partial charge >= 0.3 is 6.09 Å². The highest BCUT2D eigenvalue weighted by Gasteiger charge is 2.34. The van der Waals surface area contributed by atoms with Crippen LogP contribution in [0.2, 0.25) is 0 Å². The summed E-state index contributed by atoms with van der Waals surface area (Å²) < 4.78 is 5.33. The van der Waals surface area contributed by atoms with E-state index in [4.69, 9.17) is 10.5 Å². The van der Waals surface area contributed by atoms with E-state index in [9.17, 15) is 9.59 Å². The first-order valence-corrected chi connectivity index (χ1v) is 6.16. The zero-order valence-electron chi connectivity index (χ0n) is 11.1. The van der Waals surface area contributed by atoms with E-state index in [0.29, 0.717) is 11.1 Å². The number of ether oxygens (including phenoxy) is 1. The summed E-state index contributed by atoms with van der Waals surface area (Å²) in [4.78, 5) is 22.5. The summed E-state index contributed by atoms with van der Waals surface area (Å²) in [6.07, 6.45) is -0.155. The number of benzene rings is 2. The molecule has 2 N–H and O–H groups in total. The number of amides is 1. The Balaban J connectivity index is 2.64. The summed E-state index contributed by atoms with van der Waals surface area (Å²) in [7, 11) is 0. The molecule has 0 aliphatic carbocycles. The molecule has 0 saturated carbocycles. The Morgan fingerprint density at radius 3 is 2.30 bits per heavy atom. The van der Waals surface area contributed by atoms with Crippen molar-refractivity contribution in [3.05, 3.63) is 71.3 Å². The highest BCUT2D eigenvalue weighted by Crippen LogP contribution is 2.34. The summed E-state index contributed by atoms with van der Waals surface area (Å²) in [5.41, 5.74) is 5.89. The summed E-state index contributed by atoms with van der Waals surface area (Å²) in [6, 6.07) is 16.1. The van der Waals surface area contributed by atoms with Gasteiger partial charge in [0.1, 0.15) is 6.29 Å². The van der Waals surface area contributed by atoms with Crippen molar-refractivity contribution in [1.82, 2.24) is 0 Å². The summed E-state index contributed by atoms with van der Waals surface area (Å²) >= 11 is 0. The van der Waals surface area contributed by atoms with E-state index in [1.165, 1.54) is 0 Å². The zero-order chi connectivity index (χ0) is 14.6. The van der Waals surface area contributed by atoms with Crippen molar-refractivity contribution in [2.45, 2.75) is 12.5 Å². The van der Waals surface area contributed by atoms with Crippen LogP contribution in [-0.4, -0.2) is 12.4 Å². The van der Waals surface area contributed by atoms with Crippen molar-refractivity contribution in [2.24, 2.45) is 5.73 Å². The highest BCUT2D eigenvalue weighted by atomic mass is 16.6. The van der Waals surface area contributed by atoms with E-state index in [0.717, 1.165) is 11.8 Å². The number of nitrogens with two attached hydrogens (primary N) is 1. The van der Waals surface area contributed by atoms with Crippen molar-refractivity contribution in [2.75, 3.05) is 0 Å². The molecule has 0 fully saturated rings. The second-order valence-corrected chi connectivity index (χ2v) is 4.53. The van der Waals surface area contributed by atoms with Gasteiger partial charge in [-0.25, -0.2) is 4.79 Å². The molecule has 20 heavy (non-hydrogen) atoms. The Bertz CT molecular complexity index is 625. The second kappa shape index (κ2) is 5.57. The molecule has 2 rings (SSSR count). The molecule has 1 unspecified atom stereocenters. The van der Waals surface area contributed by atoms with Gasteiger partial charge in [-0.1, -0.05) is 54.6 Å². The summed E-state index contributed by atoms with van der Waals surface area (Å²) in [6.45, 7) is 1.72. The van der Waals surface area contributed by atoms with Gasteiger partial charge in [0.25, 0.3) is 0 Å².